The predicted molar refractivity (Wildman–Crippen MR) is 180 cm³/mol. The molecule has 1 aromatic heterocycles. The Morgan fingerprint density at radius 1 is 0.878 bits per heavy atom. The minimum atomic E-state index is -0.838. The minimum Gasteiger partial charge on any atom is -0.502 e. The van der Waals surface area contributed by atoms with Gasteiger partial charge in [0.05, 0.1) is 60.5 Å². The van der Waals surface area contributed by atoms with Crippen LogP contribution in [-0.2, 0) is 41.9 Å². The van der Waals surface area contributed by atoms with Crippen molar-refractivity contribution in [2.75, 3.05) is 48.2 Å². The van der Waals surface area contributed by atoms with Crippen LogP contribution in [0.1, 0.15) is 51.7 Å². The molecule has 258 valence electrons. The minimum absolute atomic E-state index is 0.0203. The lowest BCUT2D eigenvalue weighted by molar-refractivity contribution is -0.140. The number of ether oxygens (including phenoxy) is 6. The van der Waals surface area contributed by atoms with E-state index in [-0.39, 0.29) is 12.2 Å². The number of carbonyl (C=O) groups is 1. The van der Waals surface area contributed by atoms with Crippen molar-refractivity contribution in [1.29, 1.82) is 0 Å². The first kappa shape index (κ1) is 33.7. The van der Waals surface area contributed by atoms with Gasteiger partial charge in [-0.15, -0.1) is 0 Å². The topological polar surface area (TPSA) is 126 Å². The van der Waals surface area contributed by atoms with Crippen molar-refractivity contribution in [2.24, 2.45) is 0 Å². The summed E-state index contributed by atoms with van der Waals surface area (Å²) in [5, 5.41) is 11.0. The quantitative estimate of drug-likeness (QED) is 0.189. The van der Waals surface area contributed by atoms with Gasteiger partial charge in [0.2, 0.25) is 11.2 Å². The van der Waals surface area contributed by atoms with Gasteiger partial charge in [0.15, 0.2) is 28.8 Å². The Morgan fingerprint density at radius 3 is 2.39 bits per heavy atom. The molecule has 1 atom stereocenters. The Kier molecular flexibility index (Phi) is 10.3. The number of carbonyl (C=O) groups excluding carboxylic acids is 1. The molecule has 0 bridgehead atoms. The molecule has 0 unspecified atom stereocenters. The van der Waals surface area contributed by atoms with Gasteiger partial charge in [-0.3, -0.25) is 14.5 Å². The lowest BCUT2D eigenvalue weighted by atomic mass is 9.91. The van der Waals surface area contributed by atoms with E-state index in [0.717, 1.165) is 29.7 Å². The molecule has 4 aromatic rings. The van der Waals surface area contributed by atoms with Gasteiger partial charge in [-0.1, -0.05) is 18.2 Å². The standard InChI is InChI=1S/C38H41NO10/c1-43-33-17-25(6-8-32(33)48-13-10-23-5-7-31-26(15-23)11-14-47-31)29(20-36(41)46-4)38-37(42)30(40)19-28(49-38)22-39-12-9-24-16-34(44-2)35(45-3)18-27(24)21-39/h5-8,15-19,29,42H,9-14,20-22H2,1-4H3/t29-/m1/s1. The predicted octanol–water partition coefficient (Wildman–Crippen LogP) is 5.18. The summed E-state index contributed by atoms with van der Waals surface area (Å²) >= 11 is 0. The van der Waals surface area contributed by atoms with Gasteiger partial charge in [0, 0.05) is 32.0 Å². The maximum Gasteiger partial charge on any atom is 0.306 e. The maximum atomic E-state index is 13.1. The number of fused-ring (bicyclic) bond motifs is 2. The fourth-order valence-electron chi connectivity index (χ4n) is 6.47. The average Bonchev–Trinajstić information content (AvgIpc) is 3.59. The fourth-order valence-corrected chi connectivity index (χ4v) is 6.47. The van der Waals surface area contributed by atoms with E-state index in [2.05, 4.69) is 11.0 Å². The van der Waals surface area contributed by atoms with Crippen LogP contribution in [0.25, 0.3) is 0 Å². The Balaban J connectivity index is 1.22. The molecule has 0 aliphatic carbocycles. The summed E-state index contributed by atoms with van der Waals surface area (Å²) in [7, 11) is 6.03. The van der Waals surface area contributed by atoms with Crippen molar-refractivity contribution in [3.05, 3.63) is 104 Å². The monoisotopic (exact) mass is 671 g/mol. The van der Waals surface area contributed by atoms with Gasteiger partial charge in [-0.25, -0.2) is 0 Å². The zero-order chi connectivity index (χ0) is 34.5. The molecular formula is C38H41NO10. The summed E-state index contributed by atoms with van der Waals surface area (Å²) in [6, 6.07) is 16.7. The number of hydrogen-bond acceptors (Lipinski definition) is 11. The SMILES string of the molecule is COC(=O)C[C@H](c1ccc(OCCc2ccc3c(c2)CCO3)c(OC)c1)c1oc(CN2CCc3cc(OC)c(OC)cc3C2)cc(=O)c1O. The molecule has 1 N–H and O–H groups in total. The number of rotatable bonds is 13. The van der Waals surface area contributed by atoms with Crippen LogP contribution >= 0.6 is 0 Å². The molecule has 0 radical (unpaired) electrons. The largest absolute Gasteiger partial charge is 0.502 e. The van der Waals surface area contributed by atoms with E-state index in [0.29, 0.717) is 73.6 Å². The molecule has 11 nitrogen and oxygen atoms in total. The summed E-state index contributed by atoms with van der Waals surface area (Å²) in [4.78, 5) is 27.9. The molecule has 0 amide bonds. The normalized spacial score (nSPS) is 14.3. The zero-order valence-corrected chi connectivity index (χ0v) is 28.2. The summed E-state index contributed by atoms with van der Waals surface area (Å²) in [6.07, 6.45) is 2.19. The van der Waals surface area contributed by atoms with Gasteiger partial charge in [0.1, 0.15) is 11.5 Å². The van der Waals surface area contributed by atoms with Gasteiger partial charge in [0.25, 0.3) is 0 Å². The van der Waals surface area contributed by atoms with E-state index < -0.39 is 23.1 Å². The first-order valence-electron chi connectivity index (χ1n) is 16.2. The van der Waals surface area contributed by atoms with E-state index >= 15 is 0 Å². The molecule has 49 heavy (non-hydrogen) atoms. The smallest absolute Gasteiger partial charge is 0.306 e. The molecular weight excluding hydrogens is 630 g/mol. The molecule has 6 rings (SSSR count). The number of esters is 1. The number of nitrogens with zero attached hydrogens (tertiary/aromatic N) is 1. The lowest BCUT2D eigenvalue weighted by Crippen LogP contribution is -2.30. The van der Waals surface area contributed by atoms with Crippen LogP contribution in [0.2, 0.25) is 0 Å². The molecule has 2 aliphatic rings. The van der Waals surface area contributed by atoms with Crippen molar-refractivity contribution >= 4 is 5.97 Å². The second-order valence-electron chi connectivity index (χ2n) is 12.1. The van der Waals surface area contributed by atoms with Crippen LogP contribution in [0.4, 0.5) is 0 Å². The van der Waals surface area contributed by atoms with Crippen LogP contribution < -0.4 is 29.1 Å². The highest BCUT2D eigenvalue weighted by molar-refractivity contribution is 5.71. The molecule has 3 aromatic carbocycles. The highest BCUT2D eigenvalue weighted by atomic mass is 16.5. The summed E-state index contributed by atoms with van der Waals surface area (Å²) in [5.41, 5.74) is 4.59. The fraction of sp³-hybridized carbons (Fsp3) is 0.368. The second-order valence-corrected chi connectivity index (χ2v) is 12.1. The van der Waals surface area contributed by atoms with Crippen molar-refractivity contribution < 1.29 is 42.7 Å². The van der Waals surface area contributed by atoms with Crippen LogP contribution in [0, 0.1) is 0 Å². The highest BCUT2D eigenvalue weighted by Gasteiger charge is 2.29. The van der Waals surface area contributed by atoms with Crippen LogP contribution in [-0.4, -0.2) is 64.2 Å². The van der Waals surface area contributed by atoms with Gasteiger partial charge >= 0.3 is 5.97 Å². The van der Waals surface area contributed by atoms with Crippen LogP contribution in [0.15, 0.2) is 63.8 Å². The third-order valence-electron chi connectivity index (χ3n) is 9.08. The third kappa shape index (κ3) is 7.46. The zero-order valence-electron chi connectivity index (χ0n) is 28.2. The first-order chi connectivity index (χ1) is 23.8. The van der Waals surface area contributed by atoms with Crippen molar-refractivity contribution in [2.45, 2.75) is 44.7 Å². The van der Waals surface area contributed by atoms with Gasteiger partial charge < -0.3 is 37.9 Å². The molecule has 0 fully saturated rings. The Labute approximate surface area is 284 Å². The van der Waals surface area contributed by atoms with Crippen molar-refractivity contribution in [3.8, 4) is 34.5 Å². The van der Waals surface area contributed by atoms with E-state index in [1.807, 2.05) is 24.3 Å². The van der Waals surface area contributed by atoms with Gasteiger partial charge in [-0.05, 0) is 64.6 Å². The van der Waals surface area contributed by atoms with Gasteiger partial charge in [-0.2, -0.15) is 0 Å². The van der Waals surface area contributed by atoms with E-state index in [1.54, 1.807) is 32.4 Å². The van der Waals surface area contributed by atoms with E-state index in [1.165, 1.54) is 31.4 Å². The van der Waals surface area contributed by atoms with Crippen molar-refractivity contribution in [1.82, 2.24) is 4.90 Å². The van der Waals surface area contributed by atoms with Crippen LogP contribution in [0.5, 0.6) is 34.5 Å². The molecule has 3 heterocycles. The molecule has 0 spiro atoms. The molecule has 0 saturated carbocycles. The third-order valence-corrected chi connectivity index (χ3v) is 9.08. The molecule has 11 heteroatoms. The number of aromatic hydroxyl groups is 1. The first-order valence-corrected chi connectivity index (χ1v) is 16.2. The lowest BCUT2D eigenvalue weighted by Gasteiger charge is -2.29. The number of benzene rings is 3. The maximum absolute atomic E-state index is 13.1. The Hall–Kier alpha value is -5.16. The summed E-state index contributed by atoms with van der Waals surface area (Å²) in [5.74, 6) is 1.64. The van der Waals surface area contributed by atoms with E-state index in [4.69, 9.17) is 32.8 Å². The average molecular weight is 672 g/mol. The summed E-state index contributed by atoms with van der Waals surface area (Å²) in [6.45, 7) is 2.75. The highest BCUT2D eigenvalue weighted by Crippen LogP contribution is 2.39. The Morgan fingerprint density at radius 2 is 1.63 bits per heavy atom. The van der Waals surface area contributed by atoms with Crippen LogP contribution in [0.3, 0.4) is 0 Å². The molecule has 2 aliphatic heterocycles. The number of hydrogen-bond donors (Lipinski definition) is 1. The molecule has 0 saturated heterocycles. The number of methoxy groups -OCH3 is 4. The Bertz CT molecular complexity index is 1880. The summed E-state index contributed by atoms with van der Waals surface area (Å²) < 4.78 is 39.6. The second kappa shape index (κ2) is 14.9. The van der Waals surface area contributed by atoms with Crippen molar-refractivity contribution in [3.63, 3.8) is 0 Å². The van der Waals surface area contributed by atoms with E-state index in [9.17, 15) is 14.7 Å².